The molecule has 0 bridgehead atoms. The Bertz CT molecular complexity index is 1070. The molecule has 2 N–H and O–H groups in total. The number of amides is 1. The van der Waals surface area contributed by atoms with Crippen molar-refractivity contribution in [3.05, 3.63) is 78.1 Å². The lowest BCUT2D eigenvalue weighted by molar-refractivity contribution is -0.116. The summed E-state index contributed by atoms with van der Waals surface area (Å²) in [5, 5.41) is 6.59. The smallest absolute Gasteiger partial charge is 0.224 e. The molecule has 1 atom stereocenters. The van der Waals surface area contributed by atoms with Gasteiger partial charge in [0.25, 0.3) is 0 Å². The van der Waals surface area contributed by atoms with E-state index >= 15 is 0 Å². The molecule has 0 aliphatic heterocycles. The van der Waals surface area contributed by atoms with E-state index in [0.29, 0.717) is 24.9 Å². The Hall–Kier alpha value is -3.34. The van der Waals surface area contributed by atoms with E-state index in [9.17, 15) is 4.79 Å². The standard InChI is InChI=1S/C30H39N3O2/c1-5-10-23(6-2)14-17-30(34)33-25-13-9-12-24(19-25)32-29-16-15-27(20-28(29)22(3)4)35-21-26-11-7-8-18-31-26/h7-9,11-13,15-16,18-20,22-23,32H,5-6,10,14,17,21H2,1-4H3,(H,33,34). The summed E-state index contributed by atoms with van der Waals surface area (Å²) in [6.07, 6.45) is 6.77. The summed E-state index contributed by atoms with van der Waals surface area (Å²) < 4.78 is 5.98. The van der Waals surface area contributed by atoms with Gasteiger partial charge in [0.15, 0.2) is 0 Å². The van der Waals surface area contributed by atoms with Gasteiger partial charge in [-0.3, -0.25) is 9.78 Å². The third-order valence-electron chi connectivity index (χ3n) is 6.24. The van der Waals surface area contributed by atoms with Crippen LogP contribution in [0.3, 0.4) is 0 Å². The number of nitrogens with zero attached hydrogens (tertiary/aromatic N) is 1. The molecule has 3 rings (SSSR count). The van der Waals surface area contributed by atoms with E-state index in [1.54, 1.807) is 6.20 Å². The van der Waals surface area contributed by atoms with Crippen molar-refractivity contribution in [2.75, 3.05) is 10.6 Å². The molecule has 0 fully saturated rings. The molecule has 1 unspecified atom stereocenters. The second-order valence-corrected chi connectivity index (χ2v) is 9.37. The van der Waals surface area contributed by atoms with Crippen LogP contribution in [0.2, 0.25) is 0 Å². The number of hydrogen-bond donors (Lipinski definition) is 2. The van der Waals surface area contributed by atoms with Crippen molar-refractivity contribution >= 4 is 23.0 Å². The molecule has 3 aromatic rings. The summed E-state index contributed by atoms with van der Waals surface area (Å²) in [5.41, 5.74) is 4.84. The maximum Gasteiger partial charge on any atom is 0.224 e. The molecule has 186 valence electrons. The molecule has 1 amide bonds. The minimum Gasteiger partial charge on any atom is -0.487 e. The highest BCUT2D eigenvalue weighted by Gasteiger charge is 2.12. The maximum atomic E-state index is 12.5. The number of rotatable bonds is 13. The topological polar surface area (TPSA) is 63.2 Å². The molecule has 5 nitrogen and oxygen atoms in total. The first kappa shape index (κ1) is 26.3. The molecular formula is C30H39N3O2. The van der Waals surface area contributed by atoms with Gasteiger partial charge >= 0.3 is 0 Å². The number of carbonyl (C=O) groups is 1. The molecule has 1 aromatic heterocycles. The van der Waals surface area contributed by atoms with Gasteiger partial charge in [-0.15, -0.1) is 0 Å². The highest BCUT2D eigenvalue weighted by molar-refractivity contribution is 5.91. The van der Waals surface area contributed by atoms with Gasteiger partial charge in [0.1, 0.15) is 12.4 Å². The predicted octanol–water partition coefficient (Wildman–Crippen LogP) is 8.07. The van der Waals surface area contributed by atoms with Gasteiger partial charge in [-0.1, -0.05) is 59.1 Å². The third kappa shape index (κ3) is 8.43. The summed E-state index contributed by atoms with van der Waals surface area (Å²) in [4.78, 5) is 16.8. The van der Waals surface area contributed by atoms with E-state index < -0.39 is 0 Å². The van der Waals surface area contributed by atoms with Crippen molar-refractivity contribution in [2.24, 2.45) is 5.92 Å². The number of benzene rings is 2. The Kier molecular flexibility index (Phi) is 10.1. The first-order valence-corrected chi connectivity index (χ1v) is 12.8. The number of aromatic nitrogens is 1. The van der Waals surface area contributed by atoms with Crippen molar-refractivity contribution in [2.45, 2.75) is 72.3 Å². The largest absolute Gasteiger partial charge is 0.487 e. The molecule has 0 saturated heterocycles. The zero-order valence-corrected chi connectivity index (χ0v) is 21.5. The van der Waals surface area contributed by atoms with E-state index in [1.165, 1.54) is 18.4 Å². The number of ether oxygens (including phenoxy) is 1. The van der Waals surface area contributed by atoms with Gasteiger partial charge in [0, 0.05) is 29.7 Å². The summed E-state index contributed by atoms with van der Waals surface area (Å²) in [5.74, 6) is 1.84. The first-order valence-electron chi connectivity index (χ1n) is 12.8. The van der Waals surface area contributed by atoms with Crippen LogP contribution in [0.5, 0.6) is 5.75 Å². The lowest BCUT2D eigenvalue weighted by atomic mass is 9.95. The van der Waals surface area contributed by atoms with Crippen LogP contribution in [0.1, 0.15) is 77.0 Å². The van der Waals surface area contributed by atoms with Crippen LogP contribution in [0.4, 0.5) is 17.1 Å². The van der Waals surface area contributed by atoms with E-state index in [0.717, 1.165) is 41.3 Å². The Labute approximate surface area is 210 Å². The van der Waals surface area contributed by atoms with Crippen molar-refractivity contribution < 1.29 is 9.53 Å². The van der Waals surface area contributed by atoms with Gasteiger partial charge in [-0.25, -0.2) is 0 Å². The van der Waals surface area contributed by atoms with Crippen molar-refractivity contribution in [3.8, 4) is 5.75 Å². The van der Waals surface area contributed by atoms with Crippen LogP contribution in [-0.4, -0.2) is 10.9 Å². The molecule has 1 heterocycles. The molecule has 0 spiro atoms. The lowest BCUT2D eigenvalue weighted by Crippen LogP contribution is -2.13. The number of pyridine rings is 1. The zero-order chi connectivity index (χ0) is 25.0. The minimum atomic E-state index is 0.0778. The lowest BCUT2D eigenvalue weighted by Gasteiger charge is -2.17. The van der Waals surface area contributed by atoms with Gasteiger partial charge in [-0.05, 0) is 72.4 Å². The Morgan fingerprint density at radius 2 is 1.80 bits per heavy atom. The first-order chi connectivity index (χ1) is 17.0. The normalized spacial score (nSPS) is 11.8. The minimum absolute atomic E-state index is 0.0778. The molecule has 0 saturated carbocycles. The molecule has 0 aliphatic carbocycles. The quantitative estimate of drug-likeness (QED) is 0.263. The van der Waals surface area contributed by atoms with Gasteiger partial charge in [0.05, 0.1) is 5.69 Å². The Morgan fingerprint density at radius 1 is 0.971 bits per heavy atom. The van der Waals surface area contributed by atoms with Crippen LogP contribution in [0, 0.1) is 5.92 Å². The monoisotopic (exact) mass is 473 g/mol. The SMILES string of the molecule is CCCC(CC)CCC(=O)Nc1cccc(Nc2ccc(OCc3ccccn3)cc2C(C)C)c1. The molecule has 2 aromatic carbocycles. The van der Waals surface area contributed by atoms with Crippen molar-refractivity contribution in [1.82, 2.24) is 4.98 Å². The molecule has 0 aliphatic rings. The molecule has 5 heteroatoms. The van der Waals surface area contributed by atoms with Crippen LogP contribution >= 0.6 is 0 Å². The summed E-state index contributed by atoms with van der Waals surface area (Å²) in [6.45, 7) is 9.18. The van der Waals surface area contributed by atoms with E-state index in [2.05, 4.69) is 49.4 Å². The maximum absolute atomic E-state index is 12.5. The van der Waals surface area contributed by atoms with Crippen LogP contribution < -0.4 is 15.4 Å². The predicted molar refractivity (Wildman–Crippen MR) is 145 cm³/mol. The average Bonchev–Trinajstić information content (AvgIpc) is 2.86. The number of hydrogen-bond acceptors (Lipinski definition) is 4. The van der Waals surface area contributed by atoms with Crippen LogP contribution in [0.25, 0.3) is 0 Å². The van der Waals surface area contributed by atoms with E-state index in [-0.39, 0.29) is 5.91 Å². The fourth-order valence-corrected chi connectivity index (χ4v) is 4.21. The highest BCUT2D eigenvalue weighted by atomic mass is 16.5. The van der Waals surface area contributed by atoms with Crippen LogP contribution in [0.15, 0.2) is 66.9 Å². The van der Waals surface area contributed by atoms with Crippen LogP contribution in [-0.2, 0) is 11.4 Å². The van der Waals surface area contributed by atoms with Gasteiger partial charge < -0.3 is 15.4 Å². The van der Waals surface area contributed by atoms with Gasteiger partial charge in [0.2, 0.25) is 5.91 Å². The number of nitrogens with one attached hydrogen (secondary N) is 2. The molecular weight excluding hydrogens is 434 g/mol. The summed E-state index contributed by atoms with van der Waals surface area (Å²) in [6, 6.07) is 19.8. The summed E-state index contributed by atoms with van der Waals surface area (Å²) in [7, 11) is 0. The fraction of sp³-hybridized carbons (Fsp3) is 0.400. The Morgan fingerprint density at radius 3 is 2.51 bits per heavy atom. The summed E-state index contributed by atoms with van der Waals surface area (Å²) >= 11 is 0. The zero-order valence-electron chi connectivity index (χ0n) is 21.5. The second-order valence-electron chi connectivity index (χ2n) is 9.37. The highest BCUT2D eigenvalue weighted by Crippen LogP contribution is 2.32. The number of carbonyl (C=O) groups excluding carboxylic acids is 1. The van der Waals surface area contributed by atoms with E-state index in [4.69, 9.17) is 4.74 Å². The van der Waals surface area contributed by atoms with Crippen molar-refractivity contribution in [1.29, 1.82) is 0 Å². The van der Waals surface area contributed by atoms with Crippen molar-refractivity contribution in [3.63, 3.8) is 0 Å². The fourth-order valence-electron chi connectivity index (χ4n) is 4.21. The van der Waals surface area contributed by atoms with Gasteiger partial charge in [-0.2, -0.15) is 0 Å². The number of anilines is 3. The van der Waals surface area contributed by atoms with E-state index in [1.807, 2.05) is 54.6 Å². The average molecular weight is 474 g/mol. The molecule has 35 heavy (non-hydrogen) atoms. The second kappa shape index (κ2) is 13.5. The third-order valence-corrected chi connectivity index (χ3v) is 6.24. The Balaban J connectivity index is 1.63. The molecule has 0 radical (unpaired) electrons.